The van der Waals surface area contributed by atoms with Gasteiger partial charge in [0.1, 0.15) is 0 Å². The van der Waals surface area contributed by atoms with E-state index in [1.807, 2.05) is 59.2 Å². The van der Waals surface area contributed by atoms with Gasteiger partial charge in [-0.2, -0.15) is 5.10 Å². The lowest BCUT2D eigenvalue weighted by molar-refractivity contribution is 0.948. The highest BCUT2D eigenvalue weighted by Gasteiger charge is 2.09. The molecule has 5 heteroatoms. The van der Waals surface area contributed by atoms with Gasteiger partial charge in [-0.3, -0.25) is 4.98 Å². The second-order valence-corrected chi connectivity index (χ2v) is 5.00. The summed E-state index contributed by atoms with van der Waals surface area (Å²) in [4.78, 5) is 8.55. The molecule has 5 nitrogen and oxygen atoms in total. The Morgan fingerprint density at radius 1 is 0.909 bits per heavy atom. The number of nitrogens with two attached hydrogens (primary N) is 1. The van der Waals surface area contributed by atoms with Crippen LogP contribution in [0.15, 0.2) is 67.1 Å². The molecule has 4 aromatic rings. The molecule has 106 valence electrons. The number of hydrogen-bond donors (Lipinski definition) is 1. The van der Waals surface area contributed by atoms with Crippen LogP contribution in [0.25, 0.3) is 28.2 Å². The quantitative estimate of drug-likeness (QED) is 0.575. The Labute approximate surface area is 127 Å². The van der Waals surface area contributed by atoms with E-state index in [4.69, 9.17) is 10.8 Å². The van der Waals surface area contributed by atoms with Crippen LogP contribution < -0.4 is 5.73 Å². The Balaban J connectivity index is 1.90. The molecule has 3 aromatic heterocycles. The molecular weight excluding hydrogens is 274 g/mol. The number of anilines is 1. The summed E-state index contributed by atoms with van der Waals surface area (Å²) in [6.45, 7) is 0. The van der Waals surface area contributed by atoms with Crippen molar-refractivity contribution in [1.82, 2.24) is 19.6 Å². The number of aromatic nitrogens is 4. The number of fused-ring (bicyclic) bond motifs is 1. The molecule has 0 saturated heterocycles. The fraction of sp³-hybridized carbons (Fsp3) is 0. The van der Waals surface area contributed by atoms with Crippen LogP contribution in [-0.4, -0.2) is 19.6 Å². The van der Waals surface area contributed by atoms with Crippen molar-refractivity contribution in [3.8, 4) is 22.5 Å². The monoisotopic (exact) mass is 287 g/mol. The van der Waals surface area contributed by atoms with Gasteiger partial charge in [0.15, 0.2) is 5.65 Å². The van der Waals surface area contributed by atoms with Crippen LogP contribution in [0.3, 0.4) is 0 Å². The molecule has 0 aliphatic carbocycles. The largest absolute Gasteiger partial charge is 0.399 e. The fourth-order valence-corrected chi connectivity index (χ4v) is 2.44. The van der Waals surface area contributed by atoms with Crippen LogP contribution in [0.5, 0.6) is 0 Å². The van der Waals surface area contributed by atoms with Gasteiger partial charge in [0.05, 0.1) is 17.6 Å². The molecule has 4 rings (SSSR count). The van der Waals surface area contributed by atoms with Crippen molar-refractivity contribution in [2.75, 3.05) is 5.73 Å². The molecule has 0 unspecified atom stereocenters. The predicted molar refractivity (Wildman–Crippen MR) is 86.1 cm³/mol. The predicted octanol–water partition coefficient (Wildman–Crippen LogP) is 3.04. The average Bonchev–Trinajstić information content (AvgIpc) is 2.99. The van der Waals surface area contributed by atoms with Crippen molar-refractivity contribution in [1.29, 1.82) is 0 Å². The van der Waals surface area contributed by atoms with Crippen molar-refractivity contribution in [3.05, 3.63) is 67.1 Å². The van der Waals surface area contributed by atoms with Gasteiger partial charge in [-0.15, -0.1) is 0 Å². The van der Waals surface area contributed by atoms with Gasteiger partial charge in [0, 0.05) is 29.2 Å². The first-order chi connectivity index (χ1) is 10.8. The van der Waals surface area contributed by atoms with Crippen LogP contribution in [0, 0.1) is 0 Å². The minimum Gasteiger partial charge on any atom is -0.399 e. The molecule has 22 heavy (non-hydrogen) atoms. The zero-order chi connectivity index (χ0) is 14.9. The summed E-state index contributed by atoms with van der Waals surface area (Å²) in [5.41, 5.74) is 11.1. The van der Waals surface area contributed by atoms with E-state index in [2.05, 4.69) is 9.97 Å². The molecule has 1 aromatic carbocycles. The molecule has 0 bridgehead atoms. The highest BCUT2D eigenvalue weighted by atomic mass is 15.3. The summed E-state index contributed by atoms with van der Waals surface area (Å²) in [5, 5.41) is 4.69. The lowest BCUT2D eigenvalue weighted by Gasteiger charge is -2.05. The molecule has 0 aliphatic rings. The molecule has 0 radical (unpaired) electrons. The normalized spacial score (nSPS) is 10.9. The summed E-state index contributed by atoms with van der Waals surface area (Å²) in [6, 6.07) is 15.5. The summed E-state index contributed by atoms with van der Waals surface area (Å²) in [5.74, 6) is 0. The molecule has 0 atom stereocenters. The maximum Gasteiger partial charge on any atom is 0.154 e. The number of rotatable bonds is 2. The topological polar surface area (TPSA) is 69.1 Å². The highest BCUT2D eigenvalue weighted by molar-refractivity contribution is 5.67. The Morgan fingerprint density at radius 2 is 1.82 bits per heavy atom. The van der Waals surface area contributed by atoms with Gasteiger partial charge in [0.2, 0.25) is 0 Å². The Bertz CT molecular complexity index is 944. The third-order valence-corrected chi connectivity index (χ3v) is 3.50. The van der Waals surface area contributed by atoms with Crippen LogP contribution in [0.1, 0.15) is 0 Å². The van der Waals surface area contributed by atoms with E-state index in [0.717, 1.165) is 33.8 Å². The van der Waals surface area contributed by atoms with Crippen molar-refractivity contribution >= 4 is 11.3 Å². The molecule has 0 fully saturated rings. The SMILES string of the molecule is Nc1cccc(-c2ccc3ncc(-c4cccnc4)n3n2)c1. The lowest BCUT2D eigenvalue weighted by Crippen LogP contribution is -1.97. The van der Waals surface area contributed by atoms with Crippen molar-refractivity contribution in [3.63, 3.8) is 0 Å². The number of hydrogen-bond acceptors (Lipinski definition) is 4. The van der Waals surface area contributed by atoms with Crippen LogP contribution in [-0.2, 0) is 0 Å². The smallest absolute Gasteiger partial charge is 0.154 e. The summed E-state index contributed by atoms with van der Waals surface area (Å²) >= 11 is 0. The zero-order valence-electron chi connectivity index (χ0n) is 11.7. The molecule has 0 saturated carbocycles. The Morgan fingerprint density at radius 3 is 2.64 bits per heavy atom. The second kappa shape index (κ2) is 4.96. The molecule has 0 spiro atoms. The van der Waals surface area contributed by atoms with E-state index in [-0.39, 0.29) is 0 Å². The summed E-state index contributed by atoms with van der Waals surface area (Å²) < 4.78 is 1.83. The van der Waals surface area contributed by atoms with Gasteiger partial charge < -0.3 is 5.73 Å². The number of nitrogens with zero attached hydrogens (tertiary/aromatic N) is 4. The Kier molecular flexibility index (Phi) is 2.83. The number of nitrogen functional groups attached to an aromatic ring is 1. The zero-order valence-corrected chi connectivity index (χ0v) is 11.7. The van der Waals surface area contributed by atoms with E-state index in [9.17, 15) is 0 Å². The first kappa shape index (κ1) is 12.5. The minimum atomic E-state index is 0.720. The fourth-order valence-electron chi connectivity index (χ4n) is 2.44. The summed E-state index contributed by atoms with van der Waals surface area (Å²) in [6.07, 6.45) is 5.36. The van der Waals surface area contributed by atoms with Crippen molar-refractivity contribution in [2.45, 2.75) is 0 Å². The first-order valence-corrected chi connectivity index (χ1v) is 6.92. The van der Waals surface area contributed by atoms with Gasteiger partial charge in [-0.25, -0.2) is 9.50 Å². The van der Waals surface area contributed by atoms with Gasteiger partial charge in [-0.1, -0.05) is 12.1 Å². The van der Waals surface area contributed by atoms with E-state index >= 15 is 0 Å². The first-order valence-electron chi connectivity index (χ1n) is 6.92. The highest BCUT2D eigenvalue weighted by Crippen LogP contribution is 2.23. The Hall–Kier alpha value is -3.21. The number of imidazole rings is 1. The number of benzene rings is 1. The van der Waals surface area contributed by atoms with Crippen molar-refractivity contribution in [2.24, 2.45) is 0 Å². The molecule has 3 heterocycles. The minimum absolute atomic E-state index is 0.720. The number of pyridine rings is 1. The third-order valence-electron chi connectivity index (χ3n) is 3.50. The van der Waals surface area contributed by atoms with Crippen molar-refractivity contribution < 1.29 is 0 Å². The van der Waals surface area contributed by atoms with Gasteiger partial charge >= 0.3 is 0 Å². The standard InChI is InChI=1S/C17H13N5/c18-14-5-1-3-12(9-14)15-6-7-17-20-11-16(22(17)21-15)13-4-2-8-19-10-13/h1-11H,18H2. The van der Waals surface area contributed by atoms with Crippen LogP contribution in [0.2, 0.25) is 0 Å². The van der Waals surface area contributed by atoms with Gasteiger partial charge in [0.25, 0.3) is 0 Å². The maximum atomic E-state index is 5.85. The summed E-state index contributed by atoms with van der Waals surface area (Å²) in [7, 11) is 0. The molecule has 0 amide bonds. The molecular formula is C17H13N5. The van der Waals surface area contributed by atoms with E-state index in [0.29, 0.717) is 0 Å². The maximum absolute atomic E-state index is 5.85. The molecule has 0 aliphatic heterocycles. The lowest BCUT2D eigenvalue weighted by atomic mass is 10.1. The average molecular weight is 287 g/mol. The third kappa shape index (κ3) is 2.09. The van der Waals surface area contributed by atoms with E-state index in [1.165, 1.54) is 0 Å². The van der Waals surface area contributed by atoms with Crippen LogP contribution in [0.4, 0.5) is 5.69 Å². The molecule has 2 N–H and O–H groups in total. The van der Waals surface area contributed by atoms with Gasteiger partial charge in [-0.05, 0) is 36.4 Å². The van der Waals surface area contributed by atoms with E-state index in [1.54, 1.807) is 12.4 Å². The van der Waals surface area contributed by atoms with E-state index < -0.39 is 0 Å². The second-order valence-electron chi connectivity index (χ2n) is 5.00. The van der Waals surface area contributed by atoms with Crippen LogP contribution >= 0.6 is 0 Å².